The lowest BCUT2D eigenvalue weighted by Gasteiger charge is -2.31. The molecule has 0 amide bonds. The number of nitrogens with two attached hydrogens (primary N) is 1. The van der Waals surface area contributed by atoms with E-state index in [-0.39, 0.29) is 37.1 Å². The molecule has 7 nitrogen and oxygen atoms in total. The number of pyridine rings is 2. The van der Waals surface area contributed by atoms with Crippen LogP contribution in [-0.2, 0) is 5.41 Å². The number of fused-ring (bicyclic) bond motifs is 2. The number of benzene rings is 1. The summed E-state index contributed by atoms with van der Waals surface area (Å²) >= 11 is 0. The van der Waals surface area contributed by atoms with Crippen molar-refractivity contribution in [1.29, 1.82) is 0 Å². The second kappa shape index (κ2) is 8.50. The summed E-state index contributed by atoms with van der Waals surface area (Å²) in [6, 6.07) is 10.8. The Morgan fingerprint density at radius 3 is 2.53 bits per heavy atom. The maximum absolute atomic E-state index is 14.3. The molecule has 1 aliphatic heterocycles. The van der Waals surface area contributed by atoms with Gasteiger partial charge in [-0.05, 0) is 35.1 Å². The van der Waals surface area contributed by atoms with E-state index in [9.17, 15) is 18.3 Å². The van der Waals surface area contributed by atoms with Crippen molar-refractivity contribution in [3.8, 4) is 11.5 Å². The molecule has 1 aliphatic rings. The molecule has 36 heavy (non-hydrogen) atoms. The Morgan fingerprint density at radius 1 is 1.08 bits per heavy atom. The number of halogens is 3. The first-order valence-corrected chi connectivity index (χ1v) is 11.9. The molecule has 4 heterocycles. The zero-order chi connectivity index (χ0) is 25.9. The second-order valence-corrected chi connectivity index (χ2v) is 10.7. The number of rotatable bonds is 4. The number of alkyl halides is 3. The Kier molecular flexibility index (Phi) is 5.81. The Bertz CT molecular complexity index is 1430. The predicted octanol–water partition coefficient (Wildman–Crippen LogP) is 4.24. The van der Waals surface area contributed by atoms with Crippen LogP contribution in [0, 0.1) is 0 Å². The van der Waals surface area contributed by atoms with E-state index in [0.29, 0.717) is 17.2 Å². The fourth-order valence-corrected chi connectivity index (χ4v) is 5.01. The average molecular weight is 499 g/mol. The minimum atomic E-state index is -4.54. The lowest BCUT2D eigenvalue weighted by atomic mass is 9.85. The van der Waals surface area contributed by atoms with Crippen LogP contribution in [0.3, 0.4) is 0 Å². The second-order valence-electron chi connectivity index (χ2n) is 10.7. The van der Waals surface area contributed by atoms with Crippen molar-refractivity contribution in [3.05, 3.63) is 59.8 Å². The van der Waals surface area contributed by atoms with Crippen LogP contribution in [-0.4, -0.2) is 61.0 Å². The topological polar surface area (TPSA) is 92.6 Å². The van der Waals surface area contributed by atoms with E-state index in [4.69, 9.17) is 10.7 Å². The monoisotopic (exact) mass is 498 g/mol. The third-order valence-corrected chi connectivity index (χ3v) is 6.90. The summed E-state index contributed by atoms with van der Waals surface area (Å²) in [5, 5.41) is 19.0. The standard InChI is InChI=1S/C26H29F3N6O/c1-24(2,3)18-6-4-5-16-7-9-19(31-21(16)18)23-33-32-20-10-8-17(13-35(20)23)22(26(27,28)29)34-12-11-25(30,14-34)15-36/h4-10,13,22,36H,11-12,14-15,30H2,1-3H3/t22-,25-/m1/s1. The van der Waals surface area contributed by atoms with E-state index in [1.165, 1.54) is 23.2 Å². The van der Waals surface area contributed by atoms with Crippen molar-refractivity contribution in [1.82, 2.24) is 24.5 Å². The molecule has 0 radical (unpaired) electrons. The number of para-hydroxylation sites is 1. The third kappa shape index (κ3) is 4.33. The van der Waals surface area contributed by atoms with Gasteiger partial charge in [0.15, 0.2) is 11.5 Å². The zero-order valence-corrected chi connectivity index (χ0v) is 20.4. The van der Waals surface area contributed by atoms with Gasteiger partial charge in [-0.2, -0.15) is 13.2 Å². The summed E-state index contributed by atoms with van der Waals surface area (Å²) in [6.07, 6.45) is -2.82. The molecule has 0 aliphatic carbocycles. The minimum absolute atomic E-state index is 0.0504. The van der Waals surface area contributed by atoms with Crippen LogP contribution in [0.4, 0.5) is 13.2 Å². The number of hydrogen-bond donors (Lipinski definition) is 2. The van der Waals surface area contributed by atoms with Gasteiger partial charge in [-0.1, -0.05) is 51.1 Å². The highest BCUT2D eigenvalue weighted by molar-refractivity contribution is 5.84. The van der Waals surface area contributed by atoms with Crippen molar-refractivity contribution in [2.45, 2.75) is 50.4 Å². The molecule has 5 rings (SSSR count). The Balaban J connectivity index is 1.61. The first-order chi connectivity index (χ1) is 16.9. The van der Waals surface area contributed by atoms with E-state index in [2.05, 4.69) is 31.0 Å². The molecule has 1 saturated heterocycles. The van der Waals surface area contributed by atoms with Gasteiger partial charge < -0.3 is 10.8 Å². The third-order valence-electron chi connectivity index (χ3n) is 6.90. The van der Waals surface area contributed by atoms with Crippen LogP contribution in [0.2, 0.25) is 0 Å². The summed E-state index contributed by atoms with van der Waals surface area (Å²) in [7, 11) is 0. The normalized spacial score (nSPS) is 20.4. The van der Waals surface area contributed by atoms with Gasteiger partial charge in [-0.15, -0.1) is 10.2 Å². The number of aliphatic hydroxyl groups is 1. The molecule has 0 unspecified atom stereocenters. The fourth-order valence-electron chi connectivity index (χ4n) is 5.01. The van der Waals surface area contributed by atoms with Crippen LogP contribution < -0.4 is 5.73 Å². The van der Waals surface area contributed by atoms with E-state index < -0.39 is 17.8 Å². The summed E-state index contributed by atoms with van der Waals surface area (Å²) in [5.41, 5.74) is 7.77. The van der Waals surface area contributed by atoms with E-state index in [1.807, 2.05) is 30.3 Å². The molecule has 190 valence electrons. The van der Waals surface area contributed by atoms with Gasteiger partial charge in [-0.25, -0.2) is 4.98 Å². The van der Waals surface area contributed by atoms with E-state index in [1.54, 1.807) is 4.40 Å². The van der Waals surface area contributed by atoms with Gasteiger partial charge in [0.2, 0.25) is 0 Å². The van der Waals surface area contributed by atoms with Crippen LogP contribution >= 0.6 is 0 Å². The largest absolute Gasteiger partial charge is 0.408 e. The first-order valence-electron chi connectivity index (χ1n) is 11.9. The number of nitrogens with zero attached hydrogens (tertiary/aromatic N) is 5. The maximum atomic E-state index is 14.3. The number of aromatic nitrogens is 4. The molecule has 4 aromatic rings. The lowest BCUT2D eigenvalue weighted by molar-refractivity contribution is -0.184. The van der Waals surface area contributed by atoms with Gasteiger partial charge in [0.1, 0.15) is 11.7 Å². The first kappa shape index (κ1) is 24.6. The Labute approximate surface area is 206 Å². The number of aliphatic hydroxyl groups excluding tert-OH is 1. The van der Waals surface area contributed by atoms with E-state index >= 15 is 0 Å². The van der Waals surface area contributed by atoms with Gasteiger partial charge in [0.05, 0.1) is 17.7 Å². The summed E-state index contributed by atoms with van der Waals surface area (Å²) in [5.74, 6) is 0.364. The molecule has 0 bridgehead atoms. The maximum Gasteiger partial charge on any atom is 0.408 e. The molecule has 3 aromatic heterocycles. The summed E-state index contributed by atoms with van der Waals surface area (Å²) in [6.45, 7) is 6.04. The quantitative estimate of drug-likeness (QED) is 0.437. The van der Waals surface area contributed by atoms with Crippen molar-refractivity contribution in [3.63, 3.8) is 0 Å². The van der Waals surface area contributed by atoms with Crippen molar-refractivity contribution >= 4 is 16.6 Å². The smallest absolute Gasteiger partial charge is 0.394 e. The highest BCUT2D eigenvalue weighted by Gasteiger charge is 2.49. The van der Waals surface area contributed by atoms with Crippen LogP contribution in [0.1, 0.15) is 44.4 Å². The zero-order valence-electron chi connectivity index (χ0n) is 20.4. The number of hydrogen-bond acceptors (Lipinski definition) is 6. The fraction of sp³-hybridized carbons (Fsp3) is 0.423. The van der Waals surface area contributed by atoms with Crippen LogP contribution in [0.5, 0.6) is 0 Å². The number of likely N-dealkylation sites (tertiary alicyclic amines) is 1. The molecule has 2 atom stereocenters. The van der Waals surface area contributed by atoms with Gasteiger partial charge in [-0.3, -0.25) is 9.30 Å². The molecular weight excluding hydrogens is 469 g/mol. The van der Waals surface area contributed by atoms with E-state index in [0.717, 1.165) is 16.5 Å². The summed E-state index contributed by atoms with van der Waals surface area (Å²) < 4.78 is 44.4. The van der Waals surface area contributed by atoms with Gasteiger partial charge in [0, 0.05) is 24.7 Å². The van der Waals surface area contributed by atoms with Crippen LogP contribution in [0.15, 0.2) is 48.7 Å². The predicted molar refractivity (Wildman–Crippen MR) is 131 cm³/mol. The lowest BCUT2D eigenvalue weighted by Crippen LogP contribution is -2.48. The van der Waals surface area contributed by atoms with Crippen molar-refractivity contribution in [2.75, 3.05) is 19.7 Å². The molecule has 3 N–H and O–H groups in total. The van der Waals surface area contributed by atoms with Gasteiger partial charge in [0.25, 0.3) is 0 Å². The van der Waals surface area contributed by atoms with Gasteiger partial charge >= 0.3 is 6.18 Å². The highest BCUT2D eigenvalue weighted by Crippen LogP contribution is 2.41. The minimum Gasteiger partial charge on any atom is -0.394 e. The van der Waals surface area contributed by atoms with Crippen molar-refractivity contribution < 1.29 is 18.3 Å². The molecule has 0 spiro atoms. The SMILES string of the molecule is CC(C)(C)c1cccc2ccc(-c3nnc4ccc([C@@H](N5CC[C@](N)(CO)C5)C(F)(F)F)cn34)nc12. The Hall–Kier alpha value is -3.08. The molecule has 1 fully saturated rings. The average Bonchev–Trinajstić information content (AvgIpc) is 3.41. The van der Waals surface area contributed by atoms with Crippen molar-refractivity contribution in [2.24, 2.45) is 5.73 Å². The highest BCUT2D eigenvalue weighted by atomic mass is 19.4. The Morgan fingerprint density at radius 2 is 1.86 bits per heavy atom. The molecule has 1 aromatic carbocycles. The summed E-state index contributed by atoms with van der Waals surface area (Å²) in [4.78, 5) is 6.15. The molecule has 0 saturated carbocycles. The molecule has 10 heteroatoms. The van der Waals surface area contributed by atoms with Crippen LogP contribution in [0.25, 0.3) is 28.1 Å². The molecular formula is C26H29F3N6O.